The molecule has 1 atom stereocenters. The Kier molecular flexibility index (Phi) is 6.08. The molecule has 4 rings (SSSR count). The summed E-state index contributed by atoms with van der Waals surface area (Å²) in [6.45, 7) is 5.67. The third-order valence-corrected chi connectivity index (χ3v) is 5.69. The molecular weight excluding hydrogens is 418 g/mol. The van der Waals surface area contributed by atoms with E-state index >= 15 is 0 Å². The first-order chi connectivity index (χ1) is 15.8. The van der Waals surface area contributed by atoms with Crippen LogP contribution in [-0.2, 0) is 6.54 Å². The minimum absolute atomic E-state index is 0.0424. The number of nitrogens with zero attached hydrogens (tertiary/aromatic N) is 4. The number of amides is 1. The fraction of sp³-hybridized carbons (Fsp3) is 0.200. The molecule has 2 heterocycles. The van der Waals surface area contributed by atoms with Gasteiger partial charge in [0.05, 0.1) is 17.5 Å². The molecule has 8 heteroatoms. The minimum Gasteiger partial charge on any atom is -0.346 e. The molecule has 0 saturated heterocycles. The van der Waals surface area contributed by atoms with Crippen molar-refractivity contribution in [2.45, 2.75) is 33.4 Å². The van der Waals surface area contributed by atoms with Gasteiger partial charge in [-0.05, 0) is 68.3 Å². The minimum atomic E-state index is -0.406. The van der Waals surface area contributed by atoms with Crippen molar-refractivity contribution < 1.29 is 9.72 Å². The molecule has 0 saturated carbocycles. The summed E-state index contributed by atoms with van der Waals surface area (Å²) < 4.78 is 3.64. The molecule has 0 unspecified atom stereocenters. The zero-order chi connectivity index (χ0) is 23.5. The average Bonchev–Trinajstić information content (AvgIpc) is 3.42. The van der Waals surface area contributed by atoms with Crippen molar-refractivity contribution >= 4 is 11.6 Å². The number of nitro groups is 1. The Balaban J connectivity index is 1.43. The number of nitrogens with one attached hydrogen (secondary N) is 1. The summed E-state index contributed by atoms with van der Waals surface area (Å²) in [7, 11) is 0. The lowest BCUT2D eigenvalue weighted by Gasteiger charge is -2.16. The molecule has 4 aromatic rings. The molecule has 0 aliphatic heterocycles. The average molecular weight is 444 g/mol. The van der Waals surface area contributed by atoms with Gasteiger partial charge in [0.25, 0.3) is 5.91 Å². The van der Waals surface area contributed by atoms with Gasteiger partial charge in [0, 0.05) is 23.6 Å². The molecule has 0 aliphatic rings. The molecule has 2 aromatic carbocycles. The molecule has 33 heavy (non-hydrogen) atoms. The normalized spacial score (nSPS) is 11.8. The second kappa shape index (κ2) is 9.12. The molecule has 8 nitrogen and oxygen atoms in total. The zero-order valence-corrected chi connectivity index (χ0v) is 18.7. The highest BCUT2D eigenvalue weighted by Crippen LogP contribution is 2.23. The Morgan fingerprint density at radius 2 is 1.79 bits per heavy atom. The van der Waals surface area contributed by atoms with Gasteiger partial charge in [-0.3, -0.25) is 19.6 Å². The highest BCUT2D eigenvalue weighted by atomic mass is 16.6. The highest BCUT2D eigenvalue weighted by molar-refractivity contribution is 5.94. The predicted octanol–water partition coefficient (Wildman–Crippen LogP) is 4.74. The van der Waals surface area contributed by atoms with Gasteiger partial charge in [-0.2, -0.15) is 5.10 Å². The van der Waals surface area contributed by atoms with Crippen molar-refractivity contribution in [2.75, 3.05) is 0 Å². The Morgan fingerprint density at radius 1 is 1.09 bits per heavy atom. The predicted molar refractivity (Wildman–Crippen MR) is 126 cm³/mol. The molecule has 0 bridgehead atoms. The lowest BCUT2D eigenvalue weighted by molar-refractivity contribution is -0.386. The van der Waals surface area contributed by atoms with Crippen molar-refractivity contribution in [3.63, 3.8) is 0 Å². The van der Waals surface area contributed by atoms with Crippen molar-refractivity contribution in [2.24, 2.45) is 0 Å². The number of aromatic nitrogens is 3. The third kappa shape index (κ3) is 4.69. The number of rotatable bonds is 7. The van der Waals surface area contributed by atoms with Gasteiger partial charge in [-0.1, -0.05) is 24.3 Å². The summed E-state index contributed by atoms with van der Waals surface area (Å²) in [5.41, 5.74) is 4.44. The SMILES string of the molecule is Cc1nn(Cc2ccc(C(=O)N[C@@H](C)c3cccc(-n4cccc4)c3)cc2)c(C)c1[N+](=O)[O-]. The number of carbonyl (C=O) groups is 1. The van der Waals surface area contributed by atoms with E-state index in [0.717, 1.165) is 16.8 Å². The number of hydrogen-bond donors (Lipinski definition) is 1. The summed E-state index contributed by atoms with van der Waals surface area (Å²) >= 11 is 0. The molecule has 0 aliphatic carbocycles. The molecule has 2 aromatic heterocycles. The van der Waals surface area contributed by atoms with E-state index in [1.54, 1.807) is 30.7 Å². The summed E-state index contributed by atoms with van der Waals surface area (Å²) in [5, 5.41) is 18.5. The van der Waals surface area contributed by atoms with Crippen LogP contribution in [0.15, 0.2) is 73.1 Å². The van der Waals surface area contributed by atoms with Gasteiger partial charge in [0.1, 0.15) is 11.4 Å². The van der Waals surface area contributed by atoms with E-state index < -0.39 is 4.92 Å². The molecule has 0 spiro atoms. The quantitative estimate of drug-likeness (QED) is 0.330. The lowest BCUT2D eigenvalue weighted by atomic mass is 10.1. The molecule has 168 valence electrons. The Hall–Kier alpha value is -4.20. The molecular formula is C25H25N5O3. The van der Waals surface area contributed by atoms with E-state index in [9.17, 15) is 14.9 Å². The van der Waals surface area contributed by atoms with Gasteiger partial charge in [-0.25, -0.2) is 0 Å². The molecule has 0 radical (unpaired) electrons. The first-order valence-electron chi connectivity index (χ1n) is 10.6. The monoisotopic (exact) mass is 443 g/mol. The maximum atomic E-state index is 12.8. The summed E-state index contributed by atoms with van der Waals surface area (Å²) in [6.07, 6.45) is 3.96. The topological polar surface area (TPSA) is 95.0 Å². The maximum absolute atomic E-state index is 12.8. The smallest absolute Gasteiger partial charge is 0.312 e. The van der Waals surface area contributed by atoms with Gasteiger partial charge in [-0.15, -0.1) is 0 Å². The third-order valence-electron chi connectivity index (χ3n) is 5.69. The van der Waals surface area contributed by atoms with E-state index in [0.29, 0.717) is 23.5 Å². The van der Waals surface area contributed by atoms with E-state index in [1.165, 1.54) is 0 Å². The first-order valence-corrected chi connectivity index (χ1v) is 10.6. The first kappa shape index (κ1) is 22.0. The van der Waals surface area contributed by atoms with Crippen LogP contribution in [0.25, 0.3) is 5.69 Å². The van der Waals surface area contributed by atoms with Crippen LogP contribution in [0.1, 0.15) is 45.8 Å². The van der Waals surface area contributed by atoms with Crippen molar-refractivity contribution in [3.05, 3.63) is 111 Å². The number of hydrogen-bond acceptors (Lipinski definition) is 4. The largest absolute Gasteiger partial charge is 0.346 e. The molecule has 0 fully saturated rings. The summed E-state index contributed by atoms with van der Waals surface area (Å²) in [5.74, 6) is -0.165. The van der Waals surface area contributed by atoms with Crippen LogP contribution < -0.4 is 5.32 Å². The van der Waals surface area contributed by atoms with E-state index in [2.05, 4.69) is 16.5 Å². The van der Waals surface area contributed by atoms with Crippen LogP contribution in [0, 0.1) is 24.0 Å². The van der Waals surface area contributed by atoms with Crippen LogP contribution in [0.5, 0.6) is 0 Å². The number of aryl methyl sites for hydroxylation is 1. The molecule has 1 N–H and O–H groups in total. The Labute approximate surface area is 191 Å². The van der Waals surface area contributed by atoms with E-state index in [1.807, 2.05) is 66.3 Å². The van der Waals surface area contributed by atoms with Crippen LogP contribution >= 0.6 is 0 Å². The second-order valence-corrected chi connectivity index (χ2v) is 8.01. The van der Waals surface area contributed by atoms with Crippen LogP contribution in [0.4, 0.5) is 5.69 Å². The summed E-state index contributed by atoms with van der Waals surface area (Å²) in [4.78, 5) is 23.6. The van der Waals surface area contributed by atoms with Crippen molar-refractivity contribution in [1.29, 1.82) is 0 Å². The van der Waals surface area contributed by atoms with E-state index in [4.69, 9.17) is 0 Å². The van der Waals surface area contributed by atoms with Crippen LogP contribution in [0.2, 0.25) is 0 Å². The van der Waals surface area contributed by atoms with Gasteiger partial charge < -0.3 is 9.88 Å². The van der Waals surface area contributed by atoms with Gasteiger partial charge >= 0.3 is 5.69 Å². The lowest BCUT2D eigenvalue weighted by Crippen LogP contribution is -2.26. The fourth-order valence-corrected chi connectivity index (χ4v) is 3.86. The second-order valence-electron chi connectivity index (χ2n) is 8.01. The van der Waals surface area contributed by atoms with Gasteiger partial charge in [0.2, 0.25) is 0 Å². The Bertz CT molecular complexity index is 1290. The summed E-state index contributed by atoms with van der Waals surface area (Å²) in [6, 6.07) is 19.0. The van der Waals surface area contributed by atoms with Crippen molar-refractivity contribution in [3.8, 4) is 5.69 Å². The fourth-order valence-electron chi connectivity index (χ4n) is 3.86. The zero-order valence-electron chi connectivity index (χ0n) is 18.7. The highest BCUT2D eigenvalue weighted by Gasteiger charge is 2.21. The maximum Gasteiger partial charge on any atom is 0.312 e. The number of carbonyl (C=O) groups excluding carboxylic acids is 1. The van der Waals surface area contributed by atoms with Gasteiger partial charge in [0.15, 0.2) is 0 Å². The van der Waals surface area contributed by atoms with Crippen LogP contribution in [0.3, 0.4) is 0 Å². The van der Waals surface area contributed by atoms with Crippen LogP contribution in [-0.4, -0.2) is 25.2 Å². The Morgan fingerprint density at radius 3 is 2.42 bits per heavy atom. The molecule has 1 amide bonds. The van der Waals surface area contributed by atoms with Crippen molar-refractivity contribution in [1.82, 2.24) is 19.7 Å². The standard InChI is InChI=1S/C25H25N5O3/c1-17(22-7-6-8-23(15-22)28-13-4-5-14-28)26-25(31)21-11-9-20(10-12-21)16-29-19(3)24(30(32)33)18(2)27-29/h4-15,17H,16H2,1-3H3,(H,26,31)/t17-/m0/s1. The number of benzene rings is 2. The van der Waals surface area contributed by atoms with E-state index in [-0.39, 0.29) is 17.6 Å².